The number of nitrogens with two attached hydrogens (primary N) is 1. The first-order valence-electron chi connectivity index (χ1n) is 12.0. The number of nitrogen functional groups attached to an aromatic ring is 1. The number of rotatable bonds is 12. The van der Waals surface area contributed by atoms with Crippen molar-refractivity contribution in [3.05, 3.63) is 39.9 Å². The van der Waals surface area contributed by atoms with E-state index in [0.717, 1.165) is 55.8 Å². The van der Waals surface area contributed by atoms with Crippen LogP contribution in [-0.2, 0) is 22.4 Å². The lowest BCUT2D eigenvalue weighted by Crippen LogP contribution is -2.38. The van der Waals surface area contributed by atoms with E-state index in [1.165, 1.54) is 18.4 Å². The molecule has 1 aliphatic rings. The largest absolute Gasteiger partial charge is 0.397 e. The van der Waals surface area contributed by atoms with Gasteiger partial charge in [0.05, 0.1) is 17.4 Å². The Kier molecular flexibility index (Phi) is 11.1. The van der Waals surface area contributed by atoms with Gasteiger partial charge in [0.15, 0.2) is 5.78 Å². The Balaban J connectivity index is 2.15. The molecule has 174 valence electrons. The van der Waals surface area contributed by atoms with Crippen LogP contribution in [0.5, 0.6) is 0 Å². The summed E-state index contributed by atoms with van der Waals surface area (Å²) in [5.74, 6) is 0.929. The predicted molar refractivity (Wildman–Crippen MR) is 132 cm³/mol. The van der Waals surface area contributed by atoms with E-state index in [-0.39, 0.29) is 5.78 Å². The molecule has 1 atom stereocenters. The molecule has 31 heavy (non-hydrogen) atoms. The number of carbonyl (C=O) groups is 1. The molecular formula is C26H41ClN2O2. The number of Topliss-reactive ketones (excluding diaryl/α,β-unsaturated/α-hetero) is 1. The van der Waals surface area contributed by atoms with Gasteiger partial charge in [-0.25, -0.2) is 0 Å². The number of likely N-dealkylation sites (tertiary alicyclic amines) is 1. The molecule has 0 amide bonds. The van der Waals surface area contributed by atoms with Crippen LogP contribution < -0.4 is 5.73 Å². The molecule has 2 rings (SSSR count). The van der Waals surface area contributed by atoms with E-state index in [0.29, 0.717) is 30.3 Å². The van der Waals surface area contributed by atoms with Gasteiger partial charge in [0, 0.05) is 25.9 Å². The number of aryl methyl sites for hydroxylation is 1. The molecule has 0 spiro atoms. The van der Waals surface area contributed by atoms with E-state index in [2.05, 4.69) is 44.7 Å². The zero-order chi connectivity index (χ0) is 22.8. The molecule has 0 aromatic heterocycles. The SMILES string of the molecule is CC/C=C(\CCC)CC(=O)[C@@H](Cc1cc(Cl)c(N)c(CC)c1)OCN1CCC(C)CC1. The highest BCUT2D eigenvalue weighted by atomic mass is 35.5. The summed E-state index contributed by atoms with van der Waals surface area (Å²) in [6, 6.07) is 3.96. The normalized spacial score (nSPS) is 17.1. The number of piperidine rings is 1. The first kappa shape index (κ1) is 25.9. The summed E-state index contributed by atoms with van der Waals surface area (Å²) in [4.78, 5) is 15.6. The highest BCUT2D eigenvalue weighted by molar-refractivity contribution is 6.33. The van der Waals surface area contributed by atoms with Crippen molar-refractivity contribution >= 4 is 23.1 Å². The number of ketones is 1. The van der Waals surface area contributed by atoms with Crippen LogP contribution in [0.15, 0.2) is 23.8 Å². The number of carbonyl (C=O) groups excluding carboxylic acids is 1. The Labute approximate surface area is 194 Å². The average molecular weight is 449 g/mol. The van der Waals surface area contributed by atoms with Gasteiger partial charge in [0.1, 0.15) is 6.10 Å². The molecule has 1 saturated heterocycles. The Morgan fingerprint density at radius 2 is 2.00 bits per heavy atom. The van der Waals surface area contributed by atoms with E-state index in [4.69, 9.17) is 22.1 Å². The lowest BCUT2D eigenvalue weighted by Gasteiger charge is -2.31. The second-order valence-corrected chi connectivity index (χ2v) is 9.36. The molecule has 1 heterocycles. The molecule has 0 radical (unpaired) electrons. The lowest BCUT2D eigenvalue weighted by molar-refractivity contribution is -0.134. The Hall–Kier alpha value is -1.36. The second-order valence-electron chi connectivity index (χ2n) is 8.96. The van der Waals surface area contributed by atoms with Gasteiger partial charge in [-0.05, 0) is 55.2 Å². The van der Waals surface area contributed by atoms with Crippen LogP contribution in [-0.4, -0.2) is 36.6 Å². The van der Waals surface area contributed by atoms with Crippen molar-refractivity contribution in [2.45, 2.75) is 85.2 Å². The lowest BCUT2D eigenvalue weighted by atomic mass is 9.95. The van der Waals surface area contributed by atoms with E-state index in [1.54, 1.807) is 0 Å². The zero-order valence-electron chi connectivity index (χ0n) is 19.9. The van der Waals surface area contributed by atoms with Gasteiger partial charge in [-0.3, -0.25) is 9.69 Å². The first-order chi connectivity index (χ1) is 14.9. The highest BCUT2D eigenvalue weighted by Crippen LogP contribution is 2.27. The van der Waals surface area contributed by atoms with E-state index >= 15 is 0 Å². The fourth-order valence-corrected chi connectivity index (χ4v) is 4.49. The molecule has 0 saturated carbocycles. The zero-order valence-corrected chi connectivity index (χ0v) is 20.6. The topological polar surface area (TPSA) is 55.6 Å². The predicted octanol–water partition coefficient (Wildman–Crippen LogP) is 6.20. The Bertz CT molecular complexity index is 739. The van der Waals surface area contributed by atoms with Crippen LogP contribution in [0.3, 0.4) is 0 Å². The summed E-state index contributed by atoms with van der Waals surface area (Å²) in [5, 5.41) is 0.558. The highest BCUT2D eigenvalue weighted by Gasteiger charge is 2.24. The second kappa shape index (κ2) is 13.2. The Morgan fingerprint density at radius 3 is 2.61 bits per heavy atom. The monoisotopic (exact) mass is 448 g/mol. The molecule has 2 N–H and O–H groups in total. The number of nitrogens with zero attached hydrogens (tertiary/aromatic N) is 1. The third-order valence-electron chi connectivity index (χ3n) is 6.24. The summed E-state index contributed by atoms with van der Waals surface area (Å²) in [6.07, 6.45) is 8.87. The minimum absolute atomic E-state index is 0.157. The maximum Gasteiger partial charge on any atom is 0.165 e. The van der Waals surface area contributed by atoms with Gasteiger partial charge in [-0.2, -0.15) is 0 Å². The minimum Gasteiger partial charge on any atom is -0.397 e. The number of hydrogen-bond donors (Lipinski definition) is 1. The quantitative estimate of drug-likeness (QED) is 0.305. The number of allylic oxidation sites excluding steroid dienone is 2. The van der Waals surface area contributed by atoms with Crippen LogP contribution in [0, 0.1) is 5.92 Å². The van der Waals surface area contributed by atoms with Crippen molar-refractivity contribution in [3.8, 4) is 0 Å². The summed E-state index contributed by atoms with van der Waals surface area (Å²) in [6.45, 7) is 11.2. The van der Waals surface area contributed by atoms with Gasteiger partial charge < -0.3 is 10.5 Å². The maximum absolute atomic E-state index is 13.3. The molecule has 4 nitrogen and oxygen atoms in total. The third-order valence-corrected chi connectivity index (χ3v) is 6.55. The molecule has 1 aromatic rings. The van der Waals surface area contributed by atoms with Crippen molar-refractivity contribution < 1.29 is 9.53 Å². The van der Waals surface area contributed by atoms with Crippen molar-refractivity contribution in [2.24, 2.45) is 5.92 Å². The average Bonchev–Trinajstić information content (AvgIpc) is 2.74. The van der Waals surface area contributed by atoms with Gasteiger partial charge in [-0.1, -0.05) is 63.4 Å². The Morgan fingerprint density at radius 1 is 1.29 bits per heavy atom. The van der Waals surface area contributed by atoms with Gasteiger partial charge >= 0.3 is 0 Å². The standard InChI is InChI=1S/C26H41ClN2O2/c1-5-8-20(9-6-2)16-24(30)25(31-18-29-12-10-19(4)11-13-29)17-21-14-22(7-3)26(28)23(27)15-21/h8,14-15,19,25H,5-7,9-13,16-18,28H2,1-4H3/b20-8+/t25-/m1/s1. The molecule has 0 bridgehead atoms. The molecule has 1 aliphatic heterocycles. The fourth-order valence-electron chi connectivity index (χ4n) is 4.22. The van der Waals surface area contributed by atoms with Gasteiger partial charge in [0.25, 0.3) is 0 Å². The molecule has 5 heteroatoms. The number of halogens is 1. The number of anilines is 1. The maximum atomic E-state index is 13.3. The summed E-state index contributed by atoms with van der Waals surface area (Å²) < 4.78 is 6.26. The number of ether oxygens (including phenoxy) is 1. The van der Waals surface area contributed by atoms with Crippen LogP contribution in [0.2, 0.25) is 5.02 Å². The van der Waals surface area contributed by atoms with Crippen LogP contribution in [0.25, 0.3) is 0 Å². The van der Waals surface area contributed by atoms with Crippen LogP contribution in [0.1, 0.15) is 77.3 Å². The fraction of sp³-hybridized carbons (Fsp3) is 0.654. The van der Waals surface area contributed by atoms with Gasteiger partial charge in [0.2, 0.25) is 0 Å². The molecule has 0 unspecified atom stereocenters. The smallest absolute Gasteiger partial charge is 0.165 e. The van der Waals surface area contributed by atoms with Crippen molar-refractivity contribution in [3.63, 3.8) is 0 Å². The first-order valence-corrected chi connectivity index (χ1v) is 12.4. The number of benzene rings is 1. The van der Waals surface area contributed by atoms with E-state index < -0.39 is 6.10 Å². The third kappa shape index (κ3) is 8.25. The molecule has 0 aliphatic carbocycles. The van der Waals surface area contributed by atoms with Crippen molar-refractivity contribution in [1.29, 1.82) is 0 Å². The summed E-state index contributed by atoms with van der Waals surface area (Å²) in [5.41, 5.74) is 10.0. The molecule has 1 fully saturated rings. The van der Waals surface area contributed by atoms with E-state index in [9.17, 15) is 4.79 Å². The summed E-state index contributed by atoms with van der Waals surface area (Å²) in [7, 11) is 0. The molecule has 1 aromatic carbocycles. The van der Waals surface area contributed by atoms with Crippen molar-refractivity contribution in [2.75, 3.05) is 25.6 Å². The van der Waals surface area contributed by atoms with Crippen LogP contribution in [0.4, 0.5) is 5.69 Å². The van der Waals surface area contributed by atoms with Crippen molar-refractivity contribution in [1.82, 2.24) is 4.90 Å². The minimum atomic E-state index is -0.471. The van der Waals surface area contributed by atoms with E-state index in [1.807, 2.05) is 6.07 Å². The summed E-state index contributed by atoms with van der Waals surface area (Å²) >= 11 is 6.37. The number of hydrogen-bond acceptors (Lipinski definition) is 4. The van der Waals surface area contributed by atoms with Crippen LogP contribution >= 0.6 is 11.6 Å². The molecular weight excluding hydrogens is 408 g/mol. The van der Waals surface area contributed by atoms with Gasteiger partial charge in [-0.15, -0.1) is 0 Å².